The van der Waals surface area contributed by atoms with Gasteiger partial charge >= 0.3 is 0 Å². The minimum absolute atomic E-state index is 0.306. The van der Waals surface area contributed by atoms with E-state index in [2.05, 4.69) is 31.0 Å². The first-order chi connectivity index (χ1) is 9.13. The second kappa shape index (κ2) is 6.58. The Balaban J connectivity index is 1.65. The summed E-state index contributed by atoms with van der Waals surface area (Å²) in [5.41, 5.74) is 0.589. The van der Waals surface area contributed by atoms with Crippen molar-refractivity contribution >= 4 is 0 Å². The van der Waals surface area contributed by atoms with Crippen LogP contribution in [0.15, 0.2) is 22.8 Å². The second-order valence-corrected chi connectivity index (χ2v) is 6.20. The van der Waals surface area contributed by atoms with E-state index >= 15 is 0 Å². The van der Waals surface area contributed by atoms with Gasteiger partial charge in [0.15, 0.2) is 0 Å². The molecule has 1 aliphatic rings. The number of hydrogen-bond acceptors (Lipinski definition) is 3. The summed E-state index contributed by atoms with van der Waals surface area (Å²) in [6.07, 6.45) is 5.74. The standard InChI is InChI=1S/C16H28N2O/c1-4-16(3)7-10-18(11-8-16)12-9-17-14(2)15-6-5-13-19-15/h5-6,13-14,17H,4,7-12H2,1-3H3. The first-order valence-corrected chi connectivity index (χ1v) is 7.62. The third-order valence-corrected chi connectivity index (χ3v) is 4.77. The zero-order chi connectivity index (χ0) is 13.7. The van der Waals surface area contributed by atoms with Crippen LogP contribution in [0.5, 0.6) is 0 Å². The van der Waals surface area contributed by atoms with Gasteiger partial charge in [0.05, 0.1) is 12.3 Å². The van der Waals surface area contributed by atoms with Crippen molar-refractivity contribution in [2.45, 2.75) is 46.1 Å². The van der Waals surface area contributed by atoms with E-state index in [1.54, 1.807) is 6.26 Å². The van der Waals surface area contributed by atoms with Crippen molar-refractivity contribution in [1.29, 1.82) is 0 Å². The van der Waals surface area contributed by atoms with Gasteiger partial charge in [-0.1, -0.05) is 20.3 Å². The number of piperidine rings is 1. The van der Waals surface area contributed by atoms with Gasteiger partial charge in [-0.2, -0.15) is 0 Å². The summed E-state index contributed by atoms with van der Waals surface area (Å²) in [5.74, 6) is 1.03. The molecule has 1 N–H and O–H groups in total. The Morgan fingerprint density at radius 3 is 2.74 bits per heavy atom. The summed E-state index contributed by atoms with van der Waals surface area (Å²) in [6.45, 7) is 11.6. The summed E-state index contributed by atoms with van der Waals surface area (Å²) < 4.78 is 5.40. The van der Waals surface area contributed by atoms with Crippen LogP contribution in [0.4, 0.5) is 0 Å². The normalized spacial score (nSPS) is 21.4. The summed E-state index contributed by atoms with van der Waals surface area (Å²) in [5, 5.41) is 3.53. The molecule has 108 valence electrons. The third-order valence-electron chi connectivity index (χ3n) is 4.77. The molecular weight excluding hydrogens is 236 g/mol. The van der Waals surface area contributed by atoms with Gasteiger partial charge in [-0.05, 0) is 50.4 Å². The van der Waals surface area contributed by atoms with Crippen LogP contribution in [0.25, 0.3) is 0 Å². The zero-order valence-corrected chi connectivity index (χ0v) is 12.6. The molecule has 1 aromatic heterocycles. The highest BCUT2D eigenvalue weighted by atomic mass is 16.3. The molecule has 19 heavy (non-hydrogen) atoms. The molecule has 2 heterocycles. The average Bonchev–Trinajstić information content (AvgIpc) is 2.95. The molecule has 1 saturated heterocycles. The SMILES string of the molecule is CCC1(C)CCN(CCNC(C)c2ccco2)CC1. The molecule has 0 radical (unpaired) electrons. The topological polar surface area (TPSA) is 28.4 Å². The van der Waals surface area contributed by atoms with Gasteiger partial charge in [-0.25, -0.2) is 0 Å². The van der Waals surface area contributed by atoms with Crippen molar-refractivity contribution in [3.63, 3.8) is 0 Å². The third kappa shape index (κ3) is 4.08. The van der Waals surface area contributed by atoms with Crippen molar-refractivity contribution < 1.29 is 4.42 Å². The molecule has 3 heteroatoms. The largest absolute Gasteiger partial charge is 0.468 e. The highest BCUT2D eigenvalue weighted by molar-refractivity contribution is 5.02. The highest BCUT2D eigenvalue weighted by Gasteiger charge is 2.27. The molecule has 0 spiro atoms. The Morgan fingerprint density at radius 1 is 1.42 bits per heavy atom. The summed E-state index contributed by atoms with van der Waals surface area (Å²) >= 11 is 0. The highest BCUT2D eigenvalue weighted by Crippen LogP contribution is 2.33. The van der Waals surface area contributed by atoms with Crippen LogP contribution < -0.4 is 5.32 Å². The molecule has 0 aromatic carbocycles. The Hall–Kier alpha value is -0.800. The fourth-order valence-corrected chi connectivity index (χ4v) is 2.75. The zero-order valence-electron chi connectivity index (χ0n) is 12.6. The van der Waals surface area contributed by atoms with E-state index in [4.69, 9.17) is 4.42 Å². The maximum absolute atomic E-state index is 5.40. The van der Waals surface area contributed by atoms with Crippen LogP contribution in [0.3, 0.4) is 0 Å². The molecule has 1 unspecified atom stereocenters. The van der Waals surface area contributed by atoms with Gasteiger partial charge in [-0.3, -0.25) is 0 Å². The van der Waals surface area contributed by atoms with E-state index in [9.17, 15) is 0 Å². The monoisotopic (exact) mass is 264 g/mol. The van der Waals surface area contributed by atoms with Gasteiger partial charge in [0.25, 0.3) is 0 Å². The molecule has 0 bridgehead atoms. The molecule has 1 atom stereocenters. The van der Waals surface area contributed by atoms with Gasteiger partial charge in [0.2, 0.25) is 0 Å². The predicted octanol–water partition coefficient (Wildman–Crippen LogP) is 3.44. The minimum Gasteiger partial charge on any atom is -0.468 e. The lowest BCUT2D eigenvalue weighted by molar-refractivity contribution is 0.114. The van der Waals surface area contributed by atoms with Crippen molar-refractivity contribution in [2.24, 2.45) is 5.41 Å². The van der Waals surface area contributed by atoms with Crippen LogP contribution in [-0.4, -0.2) is 31.1 Å². The maximum Gasteiger partial charge on any atom is 0.120 e. The quantitative estimate of drug-likeness (QED) is 0.853. The molecule has 3 nitrogen and oxygen atoms in total. The molecule has 1 fully saturated rings. The van der Waals surface area contributed by atoms with Crippen molar-refractivity contribution in [1.82, 2.24) is 10.2 Å². The Bertz CT molecular complexity index is 353. The van der Waals surface area contributed by atoms with E-state index in [0.717, 1.165) is 18.8 Å². The summed E-state index contributed by atoms with van der Waals surface area (Å²) in [7, 11) is 0. The molecule has 0 saturated carbocycles. The lowest BCUT2D eigenvalue weighted by atomic mass is 9.78. The number of furan rings is 1. The molecule has 1 aliphatic heterocycles. The van der Waals surface area contributed by atoms with Crippen LogP contribution >= 0.6 is 0 Å². The first-order valence-electron chi connectivity index (χ1n) is 7.62. The van der Waals surface area contributed by atoms with Crippen LogP contribution in [0.1, 0.15) is 51.8 Å². The predicted molar refractivity (Wildman–Crippen MR) is 79.2 cm³/mol. The second-order valence-electron chi connectivity index (χ2n) is 6.20. The van der Waals surface area contributed by atoms with Gasteiger partial charge in [0, 0.05) is 13.1 Å². The minimum atomic E-state index is 0.306. The van der Waals surface area contributed by atoms with E-state index in [-0.39, 0.29) is 0 Å². The van der Waals surface area contributed by atoms with Crippen LogP contribution in [-0.2, 0) is 0 Å². The number of nitrogens with one attached hydrogen (secondary N) is 1. The maximum atomic E-state index is 5.40. The number of likely N-dealkylation sites (tertiary alicyclic amines) is 1. The fraction of sp³-hybridized carbons (Fsp3) is 0.750. The number of hydrogen-bond donors (Lipinski definition) is 1. The Labute approximate surface area is 117 Å². The number of rotatable bonds is 6. The molecular formula is C16H28N2O. The lowest BCUT2D eigenvalue weighted by Crippen LogP contribution is -2.41. The first kappa shape index (κ1) is 14.6. The molecule has 2 rings (SSSR count). The Kier molecular flexibility index (Phi) is 5.06. The van der Waals surface area contributed by atoms with Crippen molar-refractivity contribution in [3.8, 4) is 0 Å². The van der Waals surface area contributed by atoms with E-state index < -0.39 is 0 Å². The fourth-order valence-electron chi connectivity index (χ4n) is 2.75. The molecule has 0 aliphatic carbocycles. The number of nitrogens with zero attached hydrogens (tertiary/aromatic N) is 1. The van der Waals surface area contributed by atoms with Gasteiger partial charge in [0.1, 0.15) is 5.76 Å². The summed E-state index contributed by atoms with van der Waals surface area (Å²) in [4.78, 5) is 2.58. The summed E-state index contributed by atoms with van der Waals surface area (Å²) in [6, 6.07) is 4.29. The van der Waals surface area contributed by atoms with Crippen molar-refractivity contribution in [3.05, 3.63) is 24.2 Å². The van der Waals surface area contributed by atoms with Crippen molar-refractivity contribution in [2.75, 3.05) is 26.2 Å². The van der Waals surface area contributed by atoms with E-state index in [1.807, 2.05) is 12.1 Å². The van der Waals surface area contributed by atoms with Crippen LogP contribution in [0, 0.1) is 5.41 Å². The smallest absolute Gasteiger partial charge is 0.120 e. The average molecular weight is 264 g/mol. The lowest BCUT2D eigenvalue weighted by Gasteiger charge is -2.39. The molecule has 1 aromatic rings. The van der Waals surface area contributed by atoms with Gasteiger partial charge in [-0.15, -0.1) is 0 Å². The van der Waals surface area contributed by atoms with E-state index in [1.165, 1.54) is 32.4 Å². The Morgan fingerprint density at radius 2 is 2.16 bits per heavy atom. The molecule has 0 amide bonds. The van der Waals surface area contributed by atoms with Gasteiger partial charge < -0.3 is 14.6 Å². The van der Waals surface area contributed by atoms with E-state index in [0.29, 0.717) is 11.5 Å². The van der Waals surface area contributed by atoms with Crippen LogP contribution in [0.2, 0.25) is 0 Å².